The van der Waals surface area contributed by atoms with E-state index in [1.807, 2.05) is 0 Å². The Hall–Kier alpha value is -3.38. The van der Waals surface area contributed by atoms with E-state index in [0.717, 1.165) is 6.07 Å². The molecule has 2 aromatic carbocycles. The van der Waals surface area contributed by atoms with E-state index < -0.39 is 79.5 Å². The molecule has 15 heteroatoms. The maximum Gasteiger partial charge on any atom is 0.228 e. The van der Waals surface area contributed by atoms with Crippen LogP contribution < -0.4 is 4.74 Å². The van der Waals surface area contributed by atoms with Crippen molar-refractivity contribution in [2.75, 3.05) is 13.2 Å². The largest absolute Gasteiger partial charge is 0.508 e. The molecule has 0 saturated carbocycles. The third-order valence-electron chi connectivity index (χ3n) is 7.02. The molecular formula is C26H30O15. The lowest BCUT2D eigenvalue weighted by Crippen LogP contribution is -2.63. The zero-order valence-corrected chi connectivity index (χ0v) is 21.2. The van der Waals surface area contributed by atoms with E-state index in [-0.39, 0.29) is 40.7 Å². The van der Waals surface area contributed by atoms with Gasteiger partial charge in [-0.15, -0.1) is 0 Å². The lowest BCUT2D eigenvalue weighted by Gasteiger charge is -2.45. The fraction of sp³-hybridized carbons (Fsp3) is 0.462. The molecule has 0 aromatic heterocycles. The Morgan fingerprint density at radius 1 is 0.805 bits per heavy atom. The van der Waals surface area contributed by atoms with Gasteiger partial charge in [0.1, 0.15) is 65.7 Å². The molecule has 3 aliphatic rings. The number of ether oxygens (including phenoxy) is 5. The van der Waals surface area contributed by atoms with Crippen LogP contribution in [0.1, 0.15) is 17.2 Å². The van der Waals surface area contributed by atoms with E-state index in [0.29, 0.717) is 0 Å². The van der Waals surface area contributed by atoms with Gasteiger partial charge in [0.15, 0.2) is 23.9 Å². The van der Waals surface area contributed by atoms with Crippen LogP contribution in [0.5, 0.6) is 28.7 Å². The van der Waals surface area contributed by atoms with Crippen LogP contribution >= 0.6 is 0 Å². The van der Waals surface area contributed by atoms with Gasteiger partial charge in [-0.1, -0.05) is 6.07 Å². The zero-order valence-electron chi connectivity index (χ0n) is 21.2. The Morgan fingerprint density at radius 3 is 2.24 bits per heavy atom. The Balaban J connectivity index is 1.41. The first-order valence-electron chi connectivity index (χ1n) is 12.5. The predicted molar refractivity (Wildman–Crippen MR) is 132 cm³/mol. The highest BCUT2D eigenvalue weighted by Gasteiger charge is 2.50. The summed E-state index contributed by atoms with van der Waals surface area (Å²) in [4.78, 5) is 0. The van der Waals surface area contributed by atoms with Gasteiger partial charge in [-0.3, -0.25) is 0 Å². The number of aliphatic hydroxyl groups is 6. The van der Waals surface area contributed by atoms with Gasteiger partial charge in [-0.2, -0.15) is 0 Å². The summed E-state index contributed by atoms with van der Waals surface area (Å²) in [6, 6.07) is 6.06. The molecule has 2 aromatic rings. The molecule has 0 radical (unpaired) electrons. The first-order valence-corrected chi connectivity index (χ1v) is 12.5. The number of hydrogen-bond donors (Lipinski definition) is 10. The Morgan fingerprint density at radius 2 is 1.54 bits per heavy atom. The van der Waals surface area contributed by atoms with E-state index in [1.165, 1.54) is 30.3 Å². The third-order valence-corrected chi connectivity index (χ3v) is 7.02. The number of hydrogen-bond acceptors (Lipinski definition) is 15. The van der Waals surface area contributed by atoms with E-state index in [1.54, 1.807) is 0 Å². The minimum atomic E-state index is -1.83. The average Bonchev–Trinajstić information content (AvgIpc) is 2.94. The van der Waals surface area contributed by atoms with Gasteiger partial charge in [-0.25, -0.2) is 0 Å². The van der Waals surface area contributed by atoms with Gasteiger partial charge in [0.05, 0.1) is 18.8 Å². The van der Waals surface area contributed by atoms with Gasteiger partial charge in [0.2, 0.25) is 6.29 Å². The van der Waals surface area contributed by atoms with Crippen LogP contribution in [0.3, 0.4) is 0 Å². The molecule has 2 fully saturated rings. The van der Waals surface area contributed by atoms with Gasteiger partial charge < -0.3 is 74.7 Å². The van der Waals surface area contributed by atoms with Gasteiger partial charge in [0, 0.05) is 17.7 Å². The minimum Gasteiger partial charge on any atom is -0.508 e. The summed E-state index contributed by atoms with van der Waals surface area (Å²) in [5, 5.41) is 102. The smallest absolute Gasteiger partial charge is 0.228 e. The molecule has 10 N–H and O–H groups in total. The quantitative estimate of drug-likeness (QED) is 0.170. The van der Waals surface area contributed by atoms with Crippen LogP contribution in [0, 0.1) is 0 Å². The zero-order chi connectivity index (χ0) is 29.6. The fourth-order valence-corrected chi connectivity index (χ4v) is 4.78. The first-order chi connectivity index (χ1) is 19.5. The molecular weight excluding hydrogens is 552 g/mol. The summed E-state index contributed by atoms with van der Waals surface area (Å²) in [6.45, 7) is -1.14. The molecule has 5 rings (SSSR count). The van der Waals surface area contributed by atoms with Crippen LogP contribution in [0.2, 0.25) is 0 Å². The van der Waals surface area contributed by atoms with E-state index in [2.05, 4.69) is 0 Å². The standard InChI is InChI=1S/C26H30O15/c27-7-18-24(41-25-21(35)19(33)15(32)8-37-25)20(34)22(36)26(40-18)39-17-6-11-13(30)4-10(28)5-16(11)38-23(17)9-1-2-12(29)14(31)3-9/h1-6,15,18-36H,7-8H2. The number of phenolic OH excluding ortho intramolecular Hbond substituents is 4. The lowest BCUT2D eigenvalue weighted by atomic mass is 9.97. The Kier molecular flexibility index (Phi) is 8.15. The molecule has 10 unspecified atom stereocenters. The molecule has 10 atom stereocenters. The Labute approximate surface area is 231 Å². The van der Waals surface area contributed by atoms with E-state index in [9.17, 15) is 51.1 Å². The number of rotatable bonds is 6. The van der Waals surface area contributed by atoms with Crippen LogP contribution in [0.25, 0.3) is 6.08 Å². The second-order valence-electron chi connectivity index (χ2n) is 9.84. The third kappa shape index (κ3) is 5.59. The molecule has 15 nitrogen and oxygen atoms in total. The SMILES string of the molecule is OCC1OC(OC2=Cc3c(O)cc(O)cc3OC2c2ccc(O)c(O)c2)C(O)C(O)C1OC1OCC(O)C(O)C1O. The van der Waals surface area contributed by atoms with Crippen molar-refractivity contribution >= 4 is 6.08 Å². The highest BCUT2D eigenvalue weighted by atomic mass is 16.7. The summed E-state index contributed by atoms with van der Waals surface area (Å²) in [6.07, 6.45) is -14.2. The maximum absolute atomic E-state index is 10.9. The van der Waals surface area contributed by atoms with Crippen molar-refractivity contribution in [3.63, 3.8) is 0 Å². The van der Waals surface area contributed by atoms with E-state index in [4.69, 9.17) is 23.7 Å². The van der Waals surface area contributed by atoms with Gasteiger partial charge in [-0.05, 0) is 18.2 Å². The van der Waals surface area contributed by atoms with Crippen LogP contribution in [-0.4, -0.2) is 120 Å². The molecule has 3 heterocycles. The van der Waals surface area contributed by atoms with Crippen molar-refractivity contribution in [3.8, 4) is 28.7 Å². The molecule has 2 saturated heterocycles. The maximum atomic E-state index is 10.9. The number of aromatic hydroxyl groups is 4. The van der Waals surface area contributed by atoms with Crippen molar-refractivity contribution < 1.29 is 74.7 Å². The van der Waals surface area contributed by atoms with Gasteiger partial charge in [0.25, 0.3) is 0 Å². The molecule has 0 amide bonds. The molecule has 3 aliphatic heterocycles. The second-order valence-corrected chi connectivity index (χ2v) is 9.84. The second kappa shape index (κ2) is 11.5. The normalized spacial score (nSPS) is 35.2. The Bertz CT molecular complexity index is 1280. The monoisotopic (exact) mass is 582 g/mol. The summed E-state index contributed by atoms with van der Waals surface area (Å²) < 4.78 is 28.2. The fourth-order valence-electron chi connectivity index (χ4n) is 4.78. The molecule has 41 heavy (non-hydrogen) atoms. The van der Waals surface area contributed by atoms with Crippen LogP contribution in [0.15, 0.2) is 36.1 Å². The van der Waals surface area contributed by atoms with Crippen molar-refractivity contribution in [2.24, 2.45) is 0 Å². The molecule has 0 spiro atoms. The average molecular weight is 583 g/mol. The summed E-state index contributed by atoms with van der Waals surface area (Å²) >= 11 is 0. The minimum absolute atomic E-state index is 0.0394. The lowest BCUT2D eigenvalue weighted by molar-refractivity contribution is -0.345. The summed E-state index contributed by atoms with van der Waals surface area (Å²) in [5.74, 6) is -1.63. The molecule has 0 bridgehead atoms. The predicted octanol–water partition coefficient (Wildman–Crippen LogP) is -1.74. The first kappa shape index (κ1) is 29.1. The van der Waals surface area contributed by atoms with Crippen LogP contribution in [-0.2, 0) is 18.9 Å². The number of fused-ring (bicyclic) bond motifs is 1. The van der Waals surface area contributed by atoms with Crippen molar-refractivity contribution in [1.82, 2.24) is 0 Å². The number of phenols is 4. The van der Waals surface area contributed by atoms with Crippen LogP contribution in [0.4, 0.5) is 0 Å². The van der Waals surface area contributed by atoms with Crippen molar-refractivity contribution in [1.29, 1.82) is 0 Å². The van der Waals surface area contributed by atoms with Gasteiger partial charge >= 0.3 is 0 Å². The van der Waals surface area contributed by atoms with Crippen molar-refractivity contribution in [3.05, 3.63) is 47.2 Å². The van der Waals surface area contributed by atoms with Crippen molar-refractivity contribution in [2.45, 2.75) is 61.4 Å². The highest BCUT2D eigenvalue weighted by molar-refractivity contribution is 5.69. The summed E-state index contributed by atoms with van der Waals surface area (Å²) in [7, 11) is 0. The highest BCUT2D eigenvalue weighted by Crippen LogP contribution is 2.45. The molecule has 0 aliphatic carbocycles. The number of benzene rings is 2. The number of aliphatic hydroxyl groups excluding tert-OH is 6. The molecule has 224 valence electrons. The topological polar surface area (TPSA) is 248 Å². The van der Waals surface area contributed by atoms with E-state index >= 15 is 0 Å². The summed E-state index contributed by atoms with van der Waals surface area (Å²) in [5.41, 5.74) is 0.335.